The van der Waals surface area contributed by atoms with Crippen LogP contribution in [-0.4, -0.2) is 4.57 Å². The lowest BCUT2D eigenvalue weighted by Gasteiger charge is -2.09. The zero-order valence-electron chi connectivity index (χ0n) is 15.9. The maximum atomic E-state index is 14.2. The van der Waals surface area contributed by atoms with Gasteiger partial charge in [0.25, 0.3) is 0 Å². The van der Waals surface area contributed by atoms with E-state index in [9.17, 15) is 14.0 Å². The predicted octanol–water partition coefficient (Wildman–Crippen LogP) is 6.34. The van der Waals surface area contributed by atoms with Crippen molar-refractivity contribution < 1.29 is 8.78 Å². The molecule has 0 aliphatic heterocycles. The van der Waals surface area contributed by atoms with Crippen LogP contribution in [0.4, 0.5) is 8.78 Å². The molecule has 0 saturated heterocycles. The molecule has 2 nitrogen and oxygen atoms in total. The summed E-state index contributed by atoms with van der Waals surface area (Å²) < 4.78 is 30.5. The molecule has 0 bridgehead atoms. The van der Waals surface area contributed by atoms with E-state index in [1.54, 1.807) is 36.4 Å². The Morgan fingerprint density at radius 3 is 2.31 bits per heavy atom. The van der Waals surface area contributed by atoms with E-state index in [0.717, 1.165) is 22.2 Å². The van der Waals surface area contributed by atoms with Gasteiger partial charge >= 0.3 is 0 Å². The summed E-state index contributed by atoms with van der Waals surface area (Å²) in [6.45, 7) is 2.30. The number of hydrogen-bond donors (Lipinski definition) is 0. The number of aromatic nitrogens is 1. The SMILES string of the molecule is Cc1c(/C=C(/C#N)c2ccccc2F)c2ccccc2n1Cc1ccccc1F. The van der Waals surface area contributed by atoms with Gasteiger partial charge in [-0.2, -0.15) is 5.26 Å². The summed E-state index contributed by atoms with van der Waals surface area (Å²) in [5, 5.41) is 10.6. The maximum absolute atomic E-state index is 14.2. The van der Waals surface area contributed by atoms with Gasteiger partial charge in [0.05, 0.1) is 18.2 Å². The van der Waals surface area contributed by atoms with Crippen LogP contribution < -0.4 is 0 Å². The fraction of sp³-hybridized carbons (Fsp3) is 0.0800. The second-order valence-electron chi connectivity index (χ2n) is 6.84. The highest BCUT2D eigenvalue weighted by Crippen LogP contribution is 2.31. The second-order valence-corrected chi connectivity index (χ2v) is 6.84. The number of nitrogens with zero attached hydrogens (tertiary/aromatic N) is 2. The molecule has 0 spiro atoms. The molecule has 0 atom stereocenters. The van der Waals surface area contributed by atoms with Gasteiger partial charge in [0.15, 0.2) is 0 Å². The summed E-state index contributed by atoms with van der Waals surface area (Å²) in [6.07, 6.45) is 1.72. The number of halogens is 2. The van der Waals surface area contributed by atoms with Crippen LogP contribution in [-0.2, 0) is 6.54 Å². The molecule has 29 heavy (non-hydrogen) atoms. The zero-order chi connectivity index (χ0) is 20.4. The summed E-state index contributed by atoms with van der Waals surface area (Å²) in [6, 6.07) is 22.8. The van der Waals surface area contributed by atoms with Crippen molar-refractivity contribution in [3.05, 3.63) is 107 Å². The van der Waals surface area contributed by atoms with E-state index < -0.39 is 5.82 Å². The van der Waals surface area contributed by atoms with E-state index in [1.165, 1.54) is 12.1 Å². The van der Waals surface area contributed by atoms with Gasteiger partial charge in [-0.25, -0.2) is 8.78 Å². The largest absolute Gasteiger partial charge is 0.340 e. The van der Waals surface area contributed by atoms with Crippen LogP contribution >= 0.6 is 0 Å². The van der Waals surface area contributed by atoms with Crippen molar-refractivity contribution in [2.75, 3.05) is 0 Å². The van der Waals surface area contributed by atoms with Crippen LogP contribution in [0.5, 0.6) is 0 Å². The molecule has 4 aromatic rings. The van der Waals surface area contributed by atoms with Crippen LogP contribution in [0.15, 0.2) is 72.8 Å². The molecule has 1 heterocycles. The van der Waals surface area contributed by atoms with Gasteiger partial charge in [0, 0.05) is 33.3 Å². The zero-order valence-corrected chi connectivity index (χ0v) is 15.9. The lowest BCUT2D eigenvalue weighted by molar-refractivity contribution is 0.600. The summed E-state index contributed by atoms with van der Waals surface area (Å²) in [4.78, 5) is 0. The molecule has 0 fully saturated rings. The van der Waals surface area contributed by atoms with E-state index in [-0.39, 0.29) is 17.0 Å². The Labute approximate surface area is 168 Å². The first kappa shape index (κ1) is 18.6. The van der Waals surface area contributed by atoms with Crippen molar-refractivity contribution in [2.24, 2.45) is 0 Å². The topological polar surface area (TPSA) is 28.7 Å². The van der Waals surface area contributed by atoms with Crippen molar-refractivity contribution in [3.63, 3.8) is 0 Å². The van der Waals surface area contributed by atoms with Crippen LogP contribution in [0.3, 0.4) is 0 Å². The van der Waals surface area contributed by atoms with Gasteiger partial charge in [-0.3, -0.25) is 0 Å². The highest BCUT2D eigenvalue weighted by atomic mass is 19.1. The van der Waals surface area contributed by atoms with E-state index >= 15 is 0 Å². The van der Waals surface area contributed by atoms with Crippen molar-refractivity contribution in [3.8, 4) is 6.07 Å². The number of hydrogen-bond acceptors (Lipinski definition) is 1. The van der Waals surface area contributed by atoms with Crippen molar-refractivity contribution in [1.29, 1.82) is 5.26 Å². The monoisotopic (exact) mass is 384 g/mol. The number of fused-ring (bicyclic) bond motifs is 1. The Morgan fingerprint density at radius 1 is 0.931 bits per heavy atom. The molecule has 0 unspecified atom stereocenters. The summed E-state index contributed by atoms with van der Waals surface area (Å²) in [7, 11) is 0. The third kappa shape index (κ3) is 3.43. The first-order valence-electron chi connectivity index (χ1n) is 9.28. The molecule has 0 amide bonds. The van der Waals surface area contributed by atoms with Crippen LogP contribution in [0, 0.1) is 29.9 Å². The number of benzene rings is 3. The average Bonchev–Trinajstić information content (AvgIpc) is 3.00. The Kier molecular flexibility index (Phi) is 4.97. The van der Waals surface area contributed by atoms with E-state index in [4.69, 9.17) is 0 Å². The lowest BCUT2D eigenvalue weighted by Crippen LogP contribution is -2.03. The standard InChI is InChI=1S/C25H18F2N2/c1-17-22(14-19(15-28)20-9-3-6-12-24(20)27)21-10-4-7-13-25(21)29(17)16-18-8-2-5-11-23(18)26/h2-14H,16H2,1H3/b19-14-. The van der Waals surface area contributed by atoms with E-state index in [0.29, 0.717) is 12.1 Å². The predicted molar refractivity (Wildman–Crippen MR) is 112 cm³/mol. The normalized spacial score (nSPS) is 11.6. The minimum absolute atomic E-state index is 0.250. The molecule has 0 saturated carbocycles. The van der Waals surface area contributed by atoms with Crippen molar-refractivity contribution >= 4 is 22.6 Å². The quantitative estimate of drug-likeness (QED) is 0.377. The van der Waals surface area contributed by atoms with Crippen molar-refractivity contribution in [2.45, 2.75) is 13.5 Å². The first-order valence-corrected chi connectivity index (χ1v) is 9.28. The summed E-state index contributed by atoms with van der Waals surface area (Å²) in [5.41, 5.74) is 3.75. The van der Waals surface area contributed by atoms with Gasteiger partial charge < -0.3 is 4.57 Å². The molecular formula is C25H18F2N2. The minimum atomic E-state index is -0.437. The molecule has 0 aliphatic carbocycles. The van der Waals surface area contributed by atoms with Gasteiger partial charge in [-0.05, 0) is 31.2 Å². The molecule has 0 aliphatic rings. The second kappa shape index (κ2) is 7.73. The minimum Gasteiger partial charge on any atom is -0.340 e. The van der Waals surface area contributed by atoms with E-state index in [1.807, 2.05) is 41.8 Å². The Morgan fingerprint density at radius 2 is 1.59 bits per heavy atom. The Bertz CT molecular complexity index is 1280. The molecule has 0 N–H and O–H groups in total. The highest BCUT2D eigenvalue weighted by molar-refractivity contribution is 5.99. The van der Waals surface area contributed by atoms with Crippen LogP contribution in [0.2, 0.25) is 0 Å². The van der Waals surface area contributed by atoms with Gasteiger partial charge in [0.2, 0.25) is 0 Å². The smallest absolute Gasteiger partial charge is 0.131 e. The van der Waals surface area contributed by atoms with Gasteiger partial charge in [-0.1, -0.05) is 54.6 Å². The summed E-state index contributed by atoms with van der Waals surface area (Å²) in [5.74, 6) is -0.695. The molecule has 3 aromatic carbocycles. The molecule has 4 rings (SSSR count). The Balaban J connectivity index is 1.90. The Hall–Kier alpha value is -3.71. The van der Waals surface area contributed by atoms with Gasteiger partial charge in [-0.15, -0.1) is 0 Å². The third-order valence-corrected chi connectivity index (χ3v) is 5.14. The molecule has 4 heteroatoms. The summed E-state index contributed by atoms with van der Waals surface area (Å²) >= 11 is 0. The average molecular weight is 384 g/mol. The lowest BCUT2D eigenvalue weighted by atomic mass is 10.0. The number of allylic oxidation sites excluding steroid dienone is 1. The molecule has 0 radical (unpaired) electrons. The highest BCUT2D eigenvalue weighted by Gasteiger charge is 2.16. The fourth-order valence-electron chi connectivity index (χ4n) is 3.63. The number of rotatable bonds is 4. The van der Waals surface area contributed by atoms with Crippen LogP contribution in [0.1, 0.15) is 22.4 Å². The maximum Gasteiger partial charge on any atom is 0.131 e. The molecular weight excluding hydrogens is 366 g/mol. The van der Waals surface area contributed by atoms with E-state index in [2.05, 4.69) is 6.07 Å². The van der Waals surface area contributed by atoms with Crippen molar-refractivity contribution in [1.82, 2.24) is 4.57 Å². The third-order valence-electron chi connectivity index (χ3n) is 5.14. The van der Waals surface area contributed by atoms with Crippen LogP contribution in [0.25, 0.3) is 22.6 Å². The first-order chi connectivity index (χ1) is 14.1. The molecule has 1 aromatic heterocycles. The van der Waals surface area contributed by atoms with Gasteiger partial charge in [0.1, 0.15) is 11.6 Å². The number of nitriles is 1. The fourth-order valence-corrected chi connectivity index (χ4v) is 3.63. The number of para-hydroxylation sites is 1. The molecule has 142 valence electrons.